The largest absolute Gasteiger partial charge is 0.309 e. The molecule has 65 heavy (non-hydrogen) atoms. The van der Waals surface area contributed by atoms with Crippen molar-refractivity contribution in [3.8, 4) is 33.6 Å². The Morgan fingerprint density at radius 2 is 0.846 bits per heavy atom. The van der Waals surface area contributed by atoms with Crippen molar-refractivity contribution in [2.75, 3.05) is 0 Å². The van der Waals surface area contributed by atoms with Crippen LogP contribution < -0.4 is 0 Å². The summed E-state index contributed by atoms with van der Waals surface area (Å²) in [6, 6.07) is 90.3. The molecule has 2 nitrogen and oxygen atoms in total. The first-order chi connectivity index (χ1) is 32.2. The molecule has 1 aliphatic rings. The third-order valence-electron chi connectivity index (χ3n) is 14.3. The molecule has 2 aromatic heterocycles. The number of hydrogen-bond acceptors (Lipinski definition) is 0. The van der Waals surface area contributed by atoms with E-state index in [1.807, 2.05) is 0 Å². The van der Waals surface area contributed by atoms with Crippen LogP contribution in [0, 0.1) is 0 Å². The molecule has 0 unspecified atom stereocenters. The zero-order chi connectivity index (χ0) is 42.6. The zero-order valence-corrected chi connectivity index (χ0v) is 35.5. The van der Waals surface area contributed by atoms with E-state index in [0.29, 0.717) is 0 Å². The topological polar surface area (TPSA) is 9.86 Å². The first-order valence-electron chi connectivity index (χ1n) is 22.6. The van der Waals surface area contributed by atoms with Gasteiger partial charge >= 0.3 is 0 Å². The lowest BCUT2D eigenvalue weighted by molar-refractivity contribution is 0.769. The van der Waals surface area contributed by atoms with E-state index < -0.39 is 5.41 Å². The van der Waals surface area contributed by atoms with Gasteiger partial charge in [-0.15, -0.1) is 0 Å². The van der Waals surface area contributed by atoms with Crippen LogP contribution in [0.1, 0.15) is 22.3 Å². The van der Waals surface area contributed by atoms with E-state index in [4.69, 9.17) is 0 Å². The molecule has 0 aliphatic heterocycles. The van der Waals surface area contributed by atoms with E-state index in [0.717, 1.165) is 0 Å². The minimum absolute atomic E-state index is 0.505. The predicted molar refractivity (Wildman–Crippen MR) is 273 cm³/mol. The van der Waals surface area contributed by atoms with Crippen LogP contribution in [0.5, 0.6) is 0 Å². The van der Waals surface area contributed by atoms with Crippen molar-refractivity contribution in [2.24, 2.45) is 0 Å². The molecule has 1 aliphatic carbocycles. The summed E-state index contributed by atoms with van der Waals surface area (Å²) in [5, 5.41) is 9.92. The highest BCUT2D eigenvalue weighted by Gasteiger charge is 2.46. The van der Waals surface area contributed by atoms with Crippen LogP contribution in [0.25, 0.3) is 98.8 Å². The van der Waals surface area contributed by atoms with Crippen molar-refractivity contribution in [1.29, 1.82) is 0 Å². The number of benzene rings is 11. The highest BCUT2D eigenvalue weighted by Crippen LogP contribution is 2.57. The molecule has 0 fully saturated rings. The second-order valence-electron chi connectivity index (χ2n) is 17.6. The highest BCUT2D eigenvalue weighted by atomic mass is 15.0. The fourth-order valence-electron chi connectivity index (χ4n) is 11.5. The highest BCUT2D eigenvalue weighted by molar-refractivity contribution is 6.15. The van der Waals surface area contributed by atoms with Crippen LogP contribution in [0.4, 0.5) is 0 Å². The standard InChI is InChI=1S/C63H40N2/c1-3-20-46(21-4-1)63(47-22-5-2-6-23-47)56-27-13-11-25-50(56)52-39-55-54-38-45(32-35-61(54)65(62(55)40-57(52)63)58-29-15-19-42-17-9-10-24-49(42)58)44-31-34-60-53(37-44)51-26-12-14-28-59(51)64(60)48-33-30-41-16-7-8-18-43(41)36-48/h1-40H. The molecule has 0 saturated heterocycles. The van der Waals surface area contributed by atoms with Gasteiger partial charge in [0.2, 0.25) is 0 Å². The molecule has 302 valence electrons. The Bertz CT molecular complexity index is 4010. The fourth-order valence-corrected chi connectivity index (χ4v) is 11.5. The van der Waals surface area contributed by atoms with Gasteiger partial charge in [-0.2, -0.15) is 0 Å². The lowest BCUT2D eigenvalue weighted by atomic mass is 9.67. The molecule has 0 amide bonds. The predicted octanol–water partition coefficient (Wildman–Crippen LogP) is 16.2. The van der Waals surface area contributed by atoms with Crippen LogP contribution in [0.15, 0.2) is 243 Å². The second kappa shape index (κ2) is 13.8. The maximum Gasteiger partial charge on any atom is 0.0714 e. The van der Waals surface area contributed by atoms with Crippen molar-refractivity contribution in [3.63, 3.8) is 0 Å². The van der Waals surface area contributed by atoms with Gasteiger partial charge < -0.3 is 9.13 Å². The van der Waals surface area contributed by atoms with Crippen molar-refractivity contribution in [1.82, 2.24) is 9.13 Å². The lowest BCUT2D eigenvalue weighted by Crippen LogP contribution is -2.28. The van der Waals surface area contributed by atoms with Gasteiger partial charge in [0, 0.05) is 32.6 Å². The molecule has 2 heteroatoms. The van der Waals surface area contributed by atoms with Crippen molar-refractivity contribution >= 4 is 65.2 Å². The Hall–Kier alpha value is -8.46. The number of nitrogens with zero attached hydrogens (tertiary/aromatic N) is 2. The third-order valence-corrected chi connectivity index (χ3v) is 14.3. The Balaban J connectivity index is 1.04. The van der Waals surface area contributed by atoms with Crippen molar-refractivity contribution in [2.45, 2.75) is 5.41 Å². The summed E-state index contributed by atoms with van der Waals surface area (Å²) in [6.45, 7) is 0. The molecule has 0 spiro atoms. The molecule has 0 atom stereocenters. The van der Waals surface area contributed by atoms with E-state index in [9.17, 15) is 0 Å². The molecule has 0 N–H and O–H groups in total. The maximum absolute atomic E-state index is 2.53. The number of hydrogen-bond donors (Lipinski definition) is 0. The number of para-hydroxylation sites is 1. The number of rotatable bonds is 5. The van der Waals surface area contributed by atoms with Crippen LogP contribution in [0.2, 0.25) is 0 Å². The molecule has 2 heterocycles. The van der Waals surface area contributed by atoms with Crippen LogP contribution >= 0.6 is 0 Å². The van der Waals surface area contributed by atoms with Crippen LogP contribution in [0.3, 0.4) is 0 Å². The van der Waals surface area contributed by atoms with Gasteiger partial charge in [0.15, 0.2) is 0 Å². The van der Waals surface area contributed by atoms with E-state index >= 15 is 0 Å². The molecule has 0 bridgehead atoms. The van der Waals surface area contributed by atoms with Crippen molar-refractivity contribution < 1.29 is 0 Å². The molecule has 0 saturated carbocycles. The zero-order valence-electron chi connectivity index (χ0n) is 35.5. The summed E-state index contributed by atoms with van der Waals surface area (Å²) in [4.78, 5) is 0. The van der Waals surface area contributed by atoms with Gasteiger partial charge in [0.1, 0.15) is 0 Å². The fraction of sp³-hybridized carbons (Fsp3) is 0.0159. The maximum atomic E-state index is 2.53. The van der Waals surface area contributed by atoms with Gasteiger partial charge in [-0.3, -0.25) is 0 Å². The minimum atomic E-state index is -0.505. The summed E-state index contributed by atoms with van der Waals surface area (Å²) in [5.41, 5.74) is 16.8. The molecule has 13 aromatic rings. The van der Waals surface area contributed by atoms with Gasteiger partial charge in [-0.25, -0.2) is 0 Å². The summed E-state index contributed by atoms with van der Waals surface area (Å²) < 4.78 is 4.95. The Morgan fingerprint density at radius 1 is 0.277 bits per heavy atom. The van der Waals surface area contributed by atoms with Gasteiger partial charge in [0.05, 0.1) is 33.2 Å². The van der Waals surface area contributed by atoms with Crippen LogP contribution in [-0.2, 0) is 5.41 Å². The Kier molecular flexibility index (Phi) is 7.64. The SMILES string of the molecule is c1ccc(C2(c3ccccc3)c3ccccc3-c3cc4c5cc(-c6ccc7c(c6)c6ccccc6n7-c6ccc7ccccc7c6)ccc5n(-c5cccc6ccccc56)c4cc32)cc1. The summed E-state index contributed by atoms with van der Waals surface area (Å²) in [7, 11) is 0. The molecule has 14 rings (SSSR count). The summed E-state index contributed by atoms with van der Waals surface area (Å²) in [5.74, 6) is 0. The average Bonchev–Trinajstić information content (AvgIpc) is 3.99. The lowest BCUT2D eigenvalue weighted by Gasteiger charge is -2.34. The second-order valence-corrected chi connectivity index (χ2v) is 17.6. The molecular formula is C63H40N2. The van der Waals surface area contributed by atoms with E-state index in [1.54, 1.807) is 0 Å². The van der Waals surface area contributed by atoms with Crippen molar-refractivity contribution in [3.05, 3.63) is 265 Å². The van der Waals surface area contributed by atoms with Gasteiger partial charge in [-0.1, -0.05) is 182 Å². The quantitative estimate of drug-likeness (QED) is 0.164. The summed E-state index contributed by atoms with van der Waals surface area (Å²) in [6.07, 6.45) is 0. The molecule has 0 radical (unpaired) electrons. The number of aromatic nitrogens is 2. The minimum Gasteiger partial charge on any atom is -0.309 e. The van der Waals surface area contributed by atoms with E-state index in [1.165, 1.54) is 121 Å². The summed E-state index contributed by atoms with van der Waals surface area (Å²) >= 11 is 0. The Morgan fingerprint density at radius 3 is 1.62 bits per heavy atom. The third kappa shape index (κ3) is 5.11. The molecule has 11 aromatic carbocycles. The monoisotopic (exact) mass is 824 g/mol. The van der Waals surface area contributed by atoms with E-state index in [2.05, 4.69) is 252 Å². The smallest absolute Gasteiger partial charge is 0.0714 e. The average molecular weight is 825 g/mol. The van der Waals surface area contributed by atoms with E-state index in [-0.39, 0.29) is 0 Å². The first kappa shape index (κ1) is 36.1. The van der Waals surface area contributed by atoms with Gasteiger partial charge in [0.25, 0.3) is 0 Å². The first-order valence-corrected chi connectivity index (χ1v) is 22.6. The van der Waals surface area contributed by atoms with Gasteiger partial charge in [-0.05, 0) is 121 Å². The normalized spacial score (nSPS) is 13.0. The molecular weight excluding hydrogens is 785 g/mol. The van der Waals surface area contributed by atoms with Crippen LogP contribution in [-0.4, -0.2) is 9.13 Å². The Labute approximate surface area is 376 Å². The number of fused-ring (bicyclic) bond motifs is 11.